The second-order valence-corrected chi connectivity index (χ2v) is 4.63. The first-order valence-corrected chi connectivity index (χ1v) is 5.65. The molecule has 16 heavy (non-hydrogen) atoms. The molecule has 2 aliphatic rings. The first kappa shape index (κ1) is 9.63. The number of aromatic amines is 1. The van der Waals surface area contributed by atoms with Crippen LogP contribution in [0.15, 0.2) is 12.2 Å². The van der Waals surface area contributed by atoms with Gasteiger partial charge in [0.05, 0.1) is 0 Å². The summed E-state index contributed by atoms with van der Waals surface area (Å²) in [5.41, 5.74) is 2.25. The van der Waals surface area contributed by atoms with Crippen molar-refractivity contribution in [2.45, 2.75) is 25.7 Å². The molecule has 3 atom stereocenters. The van der Waals surface area contributed by atoms with Crippen LogP contribution in [-0.2, 0) is 6.42 Å². The molecule has 0 bridgehead atoms. The second-order valence-electron chi connectivity index (χ2n) is 4.63. The standard InChI is InChI=1S/C12H14N2O2/c1-2-3-4-6-7-5-8-10(9(6)7)13-14-11(8)12(15)16/h2-3,6-7,9H,4-5H2,1H3,(H,13,14)(H,15,16)/t6?,7-,9+/m0/s1. The van der Waals surface area contributed by atoms with Crippen molar-refractivity contribution in [3.8, 4) is 0 Å². The van der Waals surface area contributed by atoms with Crippen molar-refractivity contribution < 1.29 is 9.90 Å². The lowest BCUT2D eigenvalue weighted by Crippen LogP contribution is -2.02. The minimum Gasteiger partial charge on any atom is -0.476 e. The molecule has 0 radical (unpaired) electrons. The number of nitrogens with one attached hydrogen (secondary N) is 1. The topological polar surface area (TPSA) is 66.0 Å². The Balaban J connectivity index is 1.83. The summed E-state index contributed by atoms with van der Waals surface area (Å²) in [6.07, 6.45) is 6.26. The van der Waals surface area contributed by atoms with Gasteiger partial charge in [-0.3, -0.25) is 5.10 Å². The minimum absolute atomic E-state index is 0.229. The van der Waals surface area contributed by atoms with Gasteiger partial charge in [0.1, 0.15) is 0 Å². The van der Waals surface area contributed by atoms with E-state index in [0.717, 1.165) is 24.1 Å². The third-order valence-corrected chi connectivity index (χ3v) is 3.85. The molecule has 0 saturated heterocycles. The molecule has 1 unspecified atom stereocenters. The fraction of sp³-hybridized carbons (Fsp3) is 0.500. The van der Waals surface area contributed by atoms with Crippen LogP contribution < -0.4 is 0 Å². The molecule has 1 heterocycles. The number of aromatic nitrogens is 2. The molecule has 0 aromatic carbocycles. The van der Waals surface area contributed by atoms with Crippen LogP contribution in [0.3, 0.4) is 0 Å². The van der Waals surface area contributed by atoms with Gasteiger partial charge in [0.2, 0.25) is 0 Å². The molecule has 0 spiro atoms. The number of hydrogen-bond donors (Lipinski definition) is 2. The molecule has 0 amide bonds. The SMILES string of the molecule is CC=CCC1[C@H]2c3[nH]nc(C(=O)O)c3C[C@@H]12. The monoisotopic (exact) mass is 218 g/mol. The molecular formula is C12H14N2O2. The van der Waals surface area contributed by atoms with Crippen LogP contribution >= 0.6 is 0 Å². The van der Waals surface area contributed by atoms with Gasteiger partial charge in [-0.25, -0.2) is 4.79 Å². The van der Waals surface area contributed by atoms with Crippen LogP contribution in [0.4, 0.5) is 0 Å². The summed E-state index contributed by atoms with van der Waals surface area (Å²) in [5, 5.41) is 15.7. The Kier molecular flexibility index (Phi) is 1.93. The van der Waals surface area contributed by atoms with Crippen molar-refractivity contribution in [3.05, 3.63) is 29.1 Å². The normalized spacial score (nSPS) is 30.4. The Morgan fingerprint density at radius 1 is 1.69 bits per heavy atom. The Morgan fingerprint density at radius 2 is 2.50 bits per heavy atom. The molecule has 1 aromatic rings. The lowest BCUT2D eigenvalue weighted by Gasteiger charge is -2.00. The molecule has 1 aromatic heterocycles. The van der Waals surface area contributed by atoms with Crippen LogP contribution in [0, 0.1) is 11.8 Å². The van der Waals surface area contributed by atoms with E-state index < -0.39 is 5.97 Å². The molecule has 84 valence electrons. The molecule has 2 N–H and O–H groups in total. The highest BCUT2D eigenvalue weighted by Crippen LogP contribution is 2.62. The summed E-state index contributed by atoms with van der Waals surface area (Å²) < 4.78 is 0. The number of hydrogen-bond acceptors (Lipinski definition) is 2. The Labute approximate surface area is 93.4 Å². The van der Waals surface area contributed by atoms with E-state index in [1.54, 1.807) is 0 Å². The van der Waals surface area contributed by atoms with E-state index in [-0.39, 0.29) is 5.69 Å². The predicted octanol–water partition coefficient (Wildman–Crippen LogP) is 1.96. The fourth-order valence-electron chi connectivity index (χ4n) is 3.04. The van der Waals surface area contributed by atoms with Gasteiger partial charge < -0.3 is 5.11 Å². The molecule has 3 rings (SSSR count). The van der Waals surface area contributed by atoms with Crippen molar-refractivity contribution in [1.82, 2.24) is 10.2 Å². The maximum absolute atomic E-state index is 10.9. The Morgan fingerprint density at radius 3 is 3.19 bits per heavy atom. The van der Waals surface area contributed by atoms with E-state index >= 15 is 0 Å². The van der Waals surface area contributed by atoms with Gasteiger partial charge in [-0.15, -0.1) is 0 Å². The zero-order valence-electron chi connectivity index (χ0n) is 9.10. The van der Waals surface area contributed by atoms with Crippen LogP contribution in [-0.4, -0.2) is 21.3 Å². The second kappa shape index (κ2) is 3.20. The summed E-state index contributed by atoms with van der Waals surface area (Å²) in [6, 6.07) is 0. The van der Waals surface area contributed by atoms with Crippen LogP contribution in [0.1, 0.15) is 41.0 Å². The summed E-state index contributed by atoms with van der Waals surface area (Å²) in [7, 11) is 0. The van der Waals surface area contributed by atoms with E-state index in [2.05, 4.69) is 22.3 Å². The van der Waals surface area contributed by atoms with Gasteiger partial charge in [-0.2, -0.15) is 5.10 Å². The number of fused-ring (bicyclic) bond motifs is 3. The van der Waals surface area contributed by atoms with Crippen molar-refractivity contribution in [3.63, 3.8) is 0 Å². The van der Waals surface area contributed by atoms with E-state index in [1.165, 1.54) is 0 Å². The molecule has 1 fully saturated rings. The number of allylic oxidation sites excluding steroid dienone is 2. The molecule has 2 aliphatic carbocycles. The van der Waals surface area contributed by atoms with Crippen LogP contribution in [0.5, 0.6) is 0 Å². The molecule has 4 nitrogen and oxygen atoms in total. The third-order valence-electron chi connectivity index (χ3n) is 3.85. The van der Waals surface area contributed by atoms with Crippen molar-refractivity contribution in [2.75, 3.05) is 0 Å². The maximum Gasteiger partial charge on any atom is 0.356 e. The van der Waals surface area contributed by atoms with Gasteiger partial charge in [0.15, 0.2) is 5.69 Å². The Hall–Kier alpha value is -1.58. The number of carbonyl (C=O) groups is 1. The van der Waals surface area contributed by atoms with Crippen molar-refractivity contribution >= 4 is 5.97 Å². The lowest BCUT2D eigenvalue weighted by atomic mass is 10.0. The zero-order valence-corrected chi connectivity index (χ0v) is 9.10. The summed E-state index contributed by atoms with van der Waals surface area (Å²) in [5.74, 6) is 0.972. The number of rotatable bonds is 3. The smallest absolute Gasteiger partial charge is 0.356 e. The van der Waals surface area contributed by atoms with E-state index in [0.29, 0.717) is 17.8 Å². The van der Waals surface area contributed by atoms with Crippen molar-refractivity contribution in [2.24, 2.45) is 11.8 Å². The summed E-state index contributed by atoms with van der Waals surface area (Å²) in [4.78, 5) is 10.9. The maximum atomic E-state index is 10.9. The van der Waals surface area contributed by atoms with Gasteiger partial charge >= 0.3 is 5.97 Å². The minimum atomic E-state index is -0.913. The first-order chi connectivity index (χ1) is 7.74. The molecule has 1 saturated carbocycles. The van der Waals surface area contributed by atoms with E-state index in [4.69, 9.17) is 5.11 Å². The fourth-order valence-corrected chi connectivity index (χ4v) is 3.04. The molecule has 4 heteroatoms. The number of nitrogens with zero attached hydrogens (tertiary/aromatic N) is 1. The number of carboxylic acids is 1. The summed E-state index contributed by atoms with van der Waals surface area (Å²) >= 11 is 0. The average Bonchev–Trinajstić information content (AvgIpc) is 2.60. The molecular weight excluding hydrogens is 204 g/mol. The quantitative estimate of drug-likeness (QED) is 0.762. The van der Waals surface area contributed by atoms with Gasteiger partial charge in [0, 0.05) is 17.2 Å². The lowest BCUT2D eigenvalue weighted by molar-refractivity contribution is 0.0689. The predicted molar refractivity (Wildman–Crippen MR) is 58.4 cm³/mol. The number of aromatic carboxylic acids is 1. The number of H-pyrrole nitrogens is 1. The number of carboxylic acid groups (broad SMARTS) is 1. The van der Waals surface area contributed by atoms with Gasteiger partial charge in [0.25, 0.3) is 0 Å². The average molecular weight is 218 g/mol. The highest BCUT2D eigenvalue weighted by atomic mass is 16.4. The highest BCUT2D eigenvalue weighted by molar-refractivity contribution is 5.87. The van der Waals surface area contributed by atoms with Gasteiger partial charge in [-0.1, -0.05) is 12.2 Å². The van der Waals surface area contributed by atoms with Crippen LogP contribution in [0.25, 0.3) is 0 Å². The first-order valence-electron chi connectivity index (χ1n) is 5.65. The van der Waals surface area contributed by atoms with E-state index in [9.17, 15) is 4.79 Å². The van der Waals surface area contributed by atoms with E-state index in [1.807, 2.05) is 6.92 Å². The van der Waals surface area contributed by atoms with Gasteiger partial charge in [-0.05, 0) is 31.6 Å². The zero-order chi connectivity index (χ0) is 11.3. The highest BCUT2D eigenvalue weighted by Gasteiger charge is 2.56. The Bertz CT molecular complexity index is 475. The van der Waals surface area contributed by atoms with Crippen LogP contribution in [0.2, 0.25) is 0 Å². The largest absolute Gasteiger partial charge is 0.476 e. The van der Waals surface area contributed by atoms with Crippen molar-refractivity contribution in [1.29, 1.82) is 0 Å². The summed E-state index contributed by atoms with van der Waals surface area (Å²) in [6.45, 7) is 2.03. The third kappa shape index (κ3) is 1.16. The molecule has 0 aliphatic heterocycles.